The number of nitrogens with zero attached hydrogens (tertiary/aromatic N) is 1. The molecule has 0 aliphatic carbocycles. The highest BCUT2D eigenvalue weighted by atomic mass is 19.4. The summed E-state index contributed by atoms with van der Waals surface area (Å²) >= 11 is 0. The van der Waals surface area contributed by atoms with Gasteiger partial charge >= 0.3 is 6.18 Å². The maximum atomic E-state index is 12.5. The van der Waals surface area contributed by atoms with E-state index in [0.29, 0.717) is 0 Å². The van der Waals surface area contributed by atoms with Crippen LogP contribution in [0.1, 0.15) is 30.5 Å². The predicted octanol–water partition coefficient (Wildman–Crippen LogP) is 3.06. The van der Waals surface area contributed by atoms with Crippen molar-refractivity contribution in [3.63, 3.8) is 0 Å². The van der Waals surface area contributed by atoms with Crippen molar-refractivity contribution in [2.45, 2.75) is 25.6 Å². The lowest BCUT2D eigenvalue weighted by molar-refractivity contribution is -0.137. The lowest BCUT2D eigenvalue weighted by atomic mass is 10.0. The summed E-state index contributed by atoms with van der Waals surface area (Å²) in [5.41, 5.74) is 0.392. The molecule has 1 aromatic rings. The van der Waals surface area contributed by atoms with Crippen LogP contribution in [0.25, 0.3) is 0 Å². The van der Waals surface area contributed by atoms with Crippen molar-refractivity contribution >= 4 is 0 Å². The molecule has 1 heterocycles. The standard InChI is InChI=1S/C14H19F3N2/c1-2-13(19-9-7-18-8-10-19)11-3-5-12(6-4-11)14(15,16)17/h3-6,13,18H,2,7-10H2,1H3. The summed E-state index contributed by atoms with van der Waals surface area (Å²) < 4.78 is 37.6. The third-order valence-corrected chi connectivity index (χ3v) is 3.60. The summed E-state index contributed by atoms with van der Waals surface area (Å²) in [6, 6.07) is 5.79. The third-order valence-electron chi connectivity index (χ3n) is 3.60. The van der Waals surface area contributed by atoms with Crippen LogP contribution in [0.15, 0.2) is 24.3 Å². The number of halogens is 3. The monoisotopic (exact) mass is 272 g/mol. The van der Waals surface area contributed by atoms with Crippen molar-refractivity contribution in [1.82, 2.24) is 10.2 Å². The van der Waals surface area contributed by atoms with Crippen LogP contribution in [0.5, 0.6) is 0 Å². The van der Waals surface area contributed by atoms with Gasteiger partial charge in [0.1, 0.15) is 0 Å². The summed E-state index contributed by atoms with van der Waals surface area (Å²) in [5.74, 6) is 0. The fraction of sp³-hybridized carbons (Fsp3) is 0.571. The first kappa shape index (κ1) is 14.3. The molecule has 1 unspecified atom stereocenters. The Balaban J connectivity index is 2.14. The maximum absolute atomic E-state index is 12.5. The molecule has 19 heavy (non-hydrogen) atoms. The van der Waals surface area contributed by atoms with Gasteiger partial charge in [-0.3, -0.25) is 4.90 Å². The molecule has 1 saturated heterocycles. The molecule has 1 aliphatic heterocycles. The minimum atomic E-state index is -4.25. The average molecular weight is 272 g/mol. The molecule has 0 bridgehead atoms. The van der Waals surface area contributed by atoms with Gasteiger partial charge in [0.15, 0.2) is 0 Å². The smallest absolute Gasteiger partial charge is 0.314 e. The summed E-state index contributed by atoms with van der Waals surface area (Å²) in [4.78, 5) is 2.33. The molecule has 1 aliphatic rings. The molecule has 1 atom stereocenters. The number of nitrogens with one attached hydrogen (secondary N) is 1. The van der Waals surface area contributed by atoms with Gasteiger partial charge in [0.25, 0.3) is 0 Å². The van der Waals surface area contributed by atoms with E-state index in [1.807, 2.05) is 0 Å². The van der Waals surface area contributed by atoms with Crippen molar-refractivity contribution in [3.05, 3.63) is 35.4 Å². The van der Waals surface area contributed by atoms with Gasteiger partial charge in [0.2, 0.25) is 0 Å². The van der Waals surface area contributed by atoms with Gasteiger partial charge in [-0.25, -0.2) is 0 Å². The fourth-order valence-corrected chi connectivity index (χ4v) is 2.59. The quantitative estimate of drug-likeness (QED) is 0.909. The van der Waals surface area contributed by atoms with E-state index in [1.54, 1.807) is 12.1 Å². The Kier molecular flexibility index (Phi) is 4.47. The van der Waals surface area contributed by atoms with Crippen LogP contribution in [-0.4, -0.2) is 31.1 Å². The van der Waals surface area contributed by atoms with E-state index in [9.17, 15) is 13.2 Å². The molecule has 0 radical (unpaired) electrons. The van der Waals surface area contributed by atoms with Gasteiger partial charge in [0.05, 0.1) is 5.56 Å². The highest BCUT2D eigenvalue weighted by Gasteiger charge is 2.30. The Morgan fingerprint density at radius 1 is 1.16 bits per heavy atom. The fourth-order valence-electron chi connectivity index (χ4n) is 2.59. The van der Waals surface area contributed by atoms with Crippen LogP contribution in [0.4, 0.5) is 13.2 Å². The largest absolute Gasteiger partial charge is 0.416 e. The van der Waals surface area contributed by atoms with Gasteiger partial charge in [-0.05, 0) is 24.1 Å². The van der Waals surface area contributed by atoms with E-state index in [1.165, 1.54) is 12.1 Å². The van der Waals surface area contributed by atoms with Crippen LogP contribution in [0.2, 0.25) is 0 Å². The normalized spacial score (nSPS) is 19.4. The van der Waals surface area contributed by atoms with Gasteiger partial charge in [-0.2, -0.15) is 13.2 Å². The number of hydrogen-bond donors (Lipinski definition) is 1. The summed E-state index contributed by atoms with van der Waals surface area (Å²) in [6.45, 7) is 5.84. The Labute approximate surface area is 111 Å². The van der Waals surface area contributed by atoms with Crippen molar-refractivity contribution < 1.29 is 13.2 Å². The molecule has 0 aromatic heterocycles. The molecule has 106 valence electrons. The Morgan fingerprint density at radius 3 is 2.21 bits per heavy atom. The van der Waals surface area contributed by atoms with Crippen LogP contribution in [0.3, 0.4) is 0 Å². The third kappa shape index (κ3) is 3.48. The minimum Gasteiger partial charge on any atom is -0.314 e. The van der Waals surface area contributed by atoms with Gasteiger partial charge in [-0.1, -0.05) is 19.1 Å². The maximum Gasteiger partial charge on any atom is 0.416 e. The predicted molar refractivity (Wildman–Crippen MR) is 68.9 cm³/mol. The molecular formula is C14H19F3N2. The zero-order chi connectivity index (χ0) is 13.9. The molecule has 1 aromatic carbocycles. The summed E-state index contributed by atoms with van der Waals surface area (Å²) in [7, 11) is 0. The number of piperazine rings is 1. The minimum absolute atomic E-state index is 0.212. The SMILES string of the molecule is CCC(c1ccc(C(F)(F)F)cc1)N1CCNCC1. The second-order valence-electron chi connectivity index (χ2n) is 4.83. The van der Waals surface area contributed by atoms with Gasteiger partial charge in [0, 0.05) is 32.2 Å². The highest BCUT2D eigenvalue weighted by molar-refractivity contribution is 5.27. The molecule has 0 saturated carbocycles. The summed E-state index contributed by atoms with van der Waals surface area (Å²) in [6.07, 6.45) is -3.35. The van der Waals surface area contributed by atoms with Gasteiger partial charge < -0.3 is 5.32 Å². The molecule has 2 nitrogen and oxygen atoms in total. The van der Waals surface area contributed by atoms with Crippen LogP contribution < -0.4 is 5.32 Å². The van der Waals surface area contributed by atoms with E-state index >= 15 is 0 Å². The number of rotatable bonds is 3. The Morgan fingerprint density at radius 2 is 1.74 bits per heavy atom. The van der Waals surface area contributed by atoms with Crippen LogP contribution in [0, 0.1) is 0 Å². The first-order valence-corrected chi connectivity index (χ1v) is 6.64. The molecular weight excluding hydrogens is 253 g/mol. The lowest BCUT2D eigenvalue weighted by Crippen LogP contribution is -2.45. The number of alkyl halides is 3. The number of hydrogen-bond acceptors (Lipinski definition) is 2. The van der Waals surface area contributed by atoms with Gasteiger partial charge in [-0.15, -0.1) is 0 Å². The van der Waals surface area contributed by atoms with E-state index in [-0.39, 0.29) is 6.04 Å². The molecule has 1 N–H and O–H groups in total. The first-order valence-electron chi connectivity index (χ1n) is 6.64. The second-order valence-corrected chi connectivity index (χ2v) is 4.83. The molecule has 1 fully saturated rings. The molecule has 2 rings (SSSR count). The topological polar surface area (TPSA) is 15.3 Å². The lowest BCUT2D eigenvalue weighted by Gasteiger charge is -2.34. The van der Waals surface area contributed by atoms with Crippen molar-refractivity contribution in [2.75, 3.05) is 26.2 Å². The first-order chi connectivity index (χ1) is 9.02. The Hall–Kier alpha value is -1.07. The van der Waals surface area contributed by atoms with Crippen molar-refractivity contribution in [3.8, 4) is 0 Å². The van der Waals surface area contributed by atoms with E-state index in [0.717, 1.165) is 38.2 Å². The highest BCUT2D eigenvalue weighted by Crippen LogP contribution is 2.31. The van der Waals surface area contributed by atoms with Crippen LogP contribution in [-0.2, 0) is 6.18 Å². The van der Waals surface area contributed by atoms with Crippen LogP contribution >= 0.6 is 0 Å². The summed E-state index contributed by atoms with van der Waals surface area (Å²) in [5, 5.41) is 3.28. The Bertz CT molecular complexity index is 394. The van der Waals surface area contributed by atoms with E-state index in [2.05, 4.69) is 17.1 Å². The van der Waals surface area contributed by atoms with Crippen molar-refractivity contribution in [1.29, 1.82) is 0 Å². The van der Waals surface area contributed by atoms with Crippen molar-refractivity contribution in [2.24, 2.45) is 0 Å². The average Bonchev–Trinajstić information content (AvgIpc) is 2.40. The molecule has 0 amide bonds. The van der Waals surface area contributed by atoms with E-state index in [4.69, 9.17) is 0 Å². The number of benzene rings is 1. The van der Waals surface area contributed by atoms with E-state index < -0.39 is 11.7 Å². The molecule has 5 heteroatoms. The zero-order valence-electron chi connectivity index (χ0n) is 11.0. The second kappa shape index (κ2) is 5.92. The zero-order valence-corrected chi connectivity index (χ0v) is 11.0. The molecule has 0 spiro atoms.